The Balaban J connectivity index is 1.97. The summed E-state index contributed by atoms with van der Waals surface area (Å²) >= 11 is 1.79. The number of rotatable bonds is 2. The van der Waals surface area contributed by atoms with Gasteiger partial charge in [0.05, 0.1) is 6.54 Å². The number of benzene rings is 1. The summed E-state index contributed by atoms with van der Waals surface area (Å²) in [4.78, 5) is 11.4. The van der Waals surface area contributed by atoms with Gasteiger partial charge < -0.3 is 5.32 Å². The number of hydrogen-bond acceptors (Lipinski definition) is 3. The van der Waals surface area contributed by atoms with E-state index in [1.807, 2.05) is 18.3 Å². The van der Waals surface area contributed by atoms with Gasteiger partial charge in [0.1, 0.15) is 5.84 Å². The summed E-state index contributed by atoms with van der Waals surface area (Å²) in [6, 6.07) is 12.4. The second kappa shape index (κ2) is 6.14. The molecule has 0 aliphatic carbocycles. The number of fused-ring (bicyclic) bond motifs is 1. The monoisotopic (exact) mass is 295 g/mol. The summed E-state index contributed by atoms with van der Waals surface area (Å²) < 4.78 is 0. The molecule has 0 amide bonds. The van der Waals surface area contributed by atoms with Crippen molar-refractivity contribution in [2.45, 2.75) is 25.3 Å². The van der Waals surface area contributed by atoms with Crippen molar-refractivity contribution in [1.82, 2.24) is 10.3 Å². The fourth-order valence-electron chi connectivity index (χ4n) is 2.11. The molecule has 2 heterocycles. The number of amidine groups is 1. The number of thioether (sulfide) groups is 1. The minimum Gasteiger partial charge on any atom is -0.343 e. The van der Waals surface area contributed by atoms with Crippen LogP contribution in [0.3, 0.4) is 0 Å². The van der Waals surface area contributed by atoms with E-state index in [-0.39, 0.29) is 0 Å². The highest BCUT2D eigenvalue weighted by Gasteiger charge is 2.15. The van der Waals surface area contributed by atoms with E-state index in [0.29, 0.717) is 6.54 Å². The Morgan fingerprint density at radius 2 is 2.00 bits per heavy atom. The van der Waals surface area contributed by atoms with Gasteiger partial charge in [0.15, 0.2) is 0 Å². The van der Waals surface area contributed by atoms with E-state index in [1.165, 1.54) is 9.80 Å². The first-order valence-corrected chi connectivity index (χ1v) is 7.71. The van der Waals surface area contributed by atoms with Gasteiger partial charge in [0.2, 0.25) is 0 Å². The molecule has 1 aliphatic rings. The standard InChI is InChI=1S/C17H17N3S/c1-12-13(2)21-16-8-4-3-7-15(16)17(20-12)19-11-14-6-5-9-18-10-14/h3-10H,11H2,1-2H3,(H,19,20). The molecule has 21 heavy (non-hydrogen) atoms. The molecule has 0 radical (unpaired) electrons. The highest BCUT2D eigenvalue weighted by atomic mass is 32.2. The Labute approximate surface area is 129 Å². The molecule has 1 aromatic carbocycles. The molecule has 0 spiro atoms. The zero-order chi connectivity index (χ0) is 14.7. The van der Waals surface area contributed by atoms with E-state index >= 15 is 0 Å². The van der Waals surface area contributed by atoms with E-state index in [1.54, 1.807) is 18.0 Å². The lowest BCUT2D eigenvalue weighted by atomic mass is 10.2. The molecule has 0 fully saturated rings. The van der Waals surface area contributed by atoms with E-state index in [2.05, 4.69) is 48.4 Å². The number of aromatic nitrogens is 1. The lowest BCUT2D eigenvalue weighted by Crippen LogP contribution is -2.22. The van der Waals surface area contributed by atoms with Gasteiger partial charge >= 0.3 is 0 Å². The molecule has 3 nitrogen and oxygen atoms in total. The van der Waals surface area contributed by atoms with Crippen LogP contribution in [-0.2, 0) is 6.54 Å². The topological polar surface area (TPSA) is 37.3 Å². The summed E-state index contributed by atoms with van der Waals surface area (Å²) in [6.07, 6.45) is 3.64. The highest BCUT2D eigenvalue weighted by molar-refractivity contribution is 8.03. The summed E-state index contributed by atoms with van der Waals surface area (Å²) in [5, 5.41) is 3.44. The van der Waals surface area contributed by atoms with E-state index in [4.69, 9.17) is 4.99 Å². The van der Waals surface area contributed by atoms with E-state index in [0.717, 1.165) is 22.7 Å². The van der Waals surface area contributed by atoms with Crippen molar-refractivity contribution in [1.29, 1.82) is 0 Å². The third kappa shape index (κ3) is 3.16. The average Bonchev–Trinajstić information content (AvgIpc) is 2.64. The fraction of sp³-hybridized carbons (Fsp3) is 0.176. The van der Waals surface area contributed by atoms with Gasteiger partial charge in [-0.3, -0.25) is 9.98 Å². The van der Waals surface area contributed by atoms with Crippen LogP contribution >= 0.6 is 11.8 Å². The largest absolute Gasteiger partial charge is 0.343 e. The summed E-state index contributed by atoms with van der Waals surface area (Å²) in [5.41, 5.74) is 3.42. The van der Waals surface area contributed by atoms with Crippen molar-refractivity contribution in [2.75, 3.05) is 0 Å². The first-order valence-electron chi connectivity index (χ1n) is 6.89. The Kier molecular flexibility index (Phi) is 4.06. The van der Waals surface area contributed by atoms with E-state index < -0.39 is 0 Å². The quantitative estimate of drug-likeness (QED) is 0.910. The van der Waals surface area contributed by atoms with Crippen LogP contribution in [0.5, 0.6) is 0 Å². The number of hydrogen-bond donors (Lipinski definition) is 1. The molecule has 1 aliphatic heterocycles. The number of pyridine rings is 1. The molecule has 1 N–H and O–H groups in total. The fourth-order valence-corrected chi connectivity index (χ4v) is 3.07. The number of aliphatic imine (C=N–C) groups is 1. The van der Waals surface area contributed by atoms with Gasteiger partial charge in [-0.05, 0) is 31.5 Å². The van der Waals surface area contributed by atoms with Gasteiger partial charge in [0.25, 0.3) is 0 Å². The molecule has 4 heteroatoms. The Bertz CT molecular complexity index is 705. The molecule has 0 bridgehead atoms. The van der Waals surface area contributed by atoms with Crippen LogP contribution in [0.25, 0.3) is 0 Å². The second-order valence-corrected chi connectivity index (χ2v) is 6.19. The third-order valence-electron chi connectivity index (χ3n) is 3.38. The second-order valence-electron chi connectivity index (χ2n) is 4.93. The molecule has 1 aromatic heterocycles. The molecule has 3 rings (SSSR count). The van der Waals surface area contributed by atoms with Crippen LogP contribution in [0.4, 0.5) is 0 Å². The van der Waals surface area contributed by atoms with Crippen molar-refractivity contribution in [3.05, 3.63) is 70.5 Å². The van der Waals surface area contributed by atoms with Gasteiger partial charge in [-0.15, -0.1) is 0 Å². The van der Waals surface area contributed by atoms with Gasteiger partial charge in [-0.2, -0.15) is 0 Å². The zero-order valence-corrected chi connectivity index (χ0v) is 12.9. The molecule has 2 aromatic rings. The molecule has 0 atom stereocenters. The zero-order valence-electron chi connectivity index (χ0n) is 12.1. The van der Waals surface area contributed by atoms with Crippen LogP contribution in [-0.4, -0.2) is 10.8 Å². The maximum atomic E-state index is 4.76. The Hall–Kier alpha value is -2.07. The van der Waals surface area contributed by atoms with Gasteiger partial charge in [0, 0.05) is 33.5 Å². The Morgan fingerprint density at radius 3 is 2.81 bits per heavy atom. The van der Waals surface area contributed by atoms with Crippen molar-refractivity contribution in [2.24, 2.45) is 4.99 Å². The minimum absolute atomic E-state index is 0.626. The summed E-state index contributed by atoms with van der Waals surface area (Å²) in [5.74, 6) is 0.927. The Morgan fingerprint density at radius 1 is 1.14 bits per heavy atom. The van der Waals surface area contributed by atoms with Crippen molar-refractivity contribution in [3.63, 3.8) is 0 Å². The maximum absolute atomic E-state index is 4.76. The predicted octanol–water partition coefficient (Wildman–Crippen LogP) is 3.98. The van der Waals surface area contributed by atoms with Crippen molar-refractivity contribution in [3.8, 4) is 0 Å². The maximum Gasteiger partial charge on any atom is 0.133 e. The number of nitrogens with one attached hydrogen (secondary N) is 1. The highest BCUT2D eigenvalue weighted by Crippen LogP contribution is 2.33. The molecule has 0 saturated heterocycles. The first kappa shape index (κ1) is 13.9. The molecular weight excluding hydrogens is 278 g/mol. The van der Waals surface area contributed by atoms with Crippen molar-refractivity contribution < 1.29 is 0 Å². The SMILES string of the molecule is CC1=C(C)Sc2ccccc2C(=NCc2cccnc2)N1. The third-order valence-corrected chi connectivity index (χ3v) is 4.57. The summed E-state index contributed by atoms with van der Waals surface area (Å²) in [7, 11) is 0. The summed E-state index contributed by atoms with van der Waals surface area (Å²) in [6.45, 7) is 4.85. The molecule has 0 unspecified atom stereocenters. The average molecular weight is 295 g/mol. The normalized spacial score (nSPS) is 16.4. The smallest absolute Gasteiger partial charge is 0.133 e. The van der Waals surface area contributed by atoms with Gasteiger partial charge in [-0.1, -0.05) is 36.0 Å². The van der Waals surface area contributed by atoms with Crippen LogP contribution < -0.4 is 5.32 Å². The minimum atomic E-state index is 0.626. The van der Waals surface area contributed by atoms with Gasteiger partial charge in [-0.25, -0.2) is 0 Å². The van der Waals surface area contributed by atoms with E-state index in [9.17, 15) is 0 Å². The molecule has 0 saturated carbocycles. The van der Waals surface area contributed by atoms with Crippen LogP contribution in [0, 0.1) is 0 Å². The first-order chi connectivity index (χ1) is 10.2. The molecular formula is C17H17N3S. The predicted molar refractivity (Wildman–Crippen MR) is 88.3 cm³/mol. The van der Waals surface area contributed by atoms with Crippen LogP contribution in [0.1, 0.15) is 25.0 Å². The van der Waals surface area contributed by atoms with Crippen LogP contribution in [0.15, 0.2) is 69.3 Å². The van der Waals surface area contributed by atoms with Crippen molar-refractivity contribution >= 4 is 17.6 Å². The van der Waals surface area contributed by atoms with Crippen LogP contribution in [0.2, 0.25) is 0 Å². The lowest BCUT2D eigenvalue weighted by molar-refractivity contribution is 1.00. The molecule has 106 valence electrons. The number of nitrogens with zero attached hydrogens (tertiary/aromatic N) is 2. The lowest BCUT2D eigenvalue weighted by Gasteiger charge is -2.10. The number of allylic oxidation sites excluding steroid dienone is 2.